The molecule has 0 spiro atoms. The summed E-state index contributed by atoms with van der Waals surface area (Å²) in [7, 11) is 2.29. The number of aryl methyl sites for hydroxylation is 1. The van der Waals surface area contributed by atoms with Crippen molar-refractivity contribution in [2.45, 2.75) is 45.6 Å². The Hall–Kier alpha value is -0.380. The first-order valence-electron chi connectivity index (χ1n) is 7.75. The second-order valence-electron chi connectivity index (χ2n) is 5.69. The SMILES string of the molecule is CCCNCC1CCCN(C)C1c1ccc(CC)s1. The first kappa shape index (κ1) is 15.0. The second kappa shape index (κ2) is 7.41. The third kappa shape index (κ3) is 3.80. The van der Waals surface area contributed by atoms with Gasteiger partial charge in [0.2, 0.25) is 0 Å². The van der Waals surface area contributed by atoms with Crippen LogP contribution in [0.2, 0.25) is 0 Å². The highest BCUT2D eigenvalue weighted by Crippen LogP contribution is 2.38. The highest BCUT2D eigenvalue weighted by Gasteiger charge is 2.31. The van der Waals surface area contributed by atoms with Crippen LogP contribution >= 0.6 is 11.3 Å². The Morgan fingerprint density at radius 2 is 2.21 bits per heavy atom. The molecule has 0 radical (unpaired) electrons. The lowest BCUT2D eigenvalue weighted by molar-refractivity contribution is 0.122. The third-order valence-corrected chi connectivity index (χ3v) is 5.46. The summed E-state index contributed by atoms with van der Waals surface area (Å²) >= 11 is 2.02. The molecule has 2 atom stereocenters. The molecule has 3 heteroatoms. The molecule has 1 aliphatic heterocycles. The van der Waals surface area contributed by atoms with E-state index in [-0.39, 0.29) is 0 Å². The van der Waals surface area contributed by atoms with Gasteiger partial charge in [0.05, 0.1) is 0 Å². The number of hydrogen-bond donors (Lipinski definition) is 1. The van der Waals surface area contributed by atoms with Gasteiger partial charge in [-0.1, -0.05) is 13.8 Å². The van der Waals surface area contributed by atoms with E-state index in [0.29, 0.717) is 6.04 Å². The summed E-state index contributed by atoms with van der Waals surface area (Å²) in [6, 6.07) is 5.31. The minimum absolute atomic E-state index is 0.628. The second-order valence-corrected chi connectivity index (χ2v) is 6.89. The lowest BCUT2D eigenvalue weighted by atomic mass is 9.88. The lowest BCUT2D eigenvalue weighted by Crippen LogP contribution is -2.40. The van der Waals surface area contributed by atoms with Gasteiger partial charge in [-0.25, -0.2) is 0 Å². The first-order valence-corrected chi connectivity index (χ1v) is 8.57. The van der Waals surface area contributed by atoms with Gasteiger partial charge in [-0.05, 0) is 70.4 Å². The highest BCUT2D eigenvalue weighted by molar-refractivity contribution is 7.12. The molecule has 2 unspecified atom stereocenters. The van der Waals surface area contributed by atoms with E-state index >= 15 is 0 Å². The number of nitrogens with one attached hydrogen (secondary N) is 1. The molecule has 0 amide bonds. The topological polar surface area (TPSA) is 15.3 Å². The molecule has 1 fully saturated rings. The Labute approximate surface area is 122 Å². The molecule has 1 N–H and O–H groups in total. The van der Waals surface area contributed by atoms with E-state index in [2.05, 4.69) is 43.2 Å². The Kier molecular flexibility index (Phi) is 5.86. The number of thiophene rings is 1. The van der Waals surface area contributed by atoms with Gasteiger partial charge in [-0.3, -0.25) is 4.90 Å². The smallest absolute Gasteiger partial charge is 0.0478 e. The van der Waals surface area contributed by atoms with E-state index in [9.17, 15) is 0 Å². The van der Waals surface area contributed by atoms with Gasteiger partial charge < -0.3 is 5.32 Å². The molecule has 1 aromatic rings. The number of rotatable bonds is 6. The monoisotopic (exact) mass is 280 g/mol. The molecule has 0 saturated carbocycles. The first-order chi connectivity index (χ1) is 9.26. The van der Waals surface area contributed by atoms with Crippen LogP contribution < -0.4 is 5.32 Å². The van der Waals surface area contributed by atoms with E-state index in [4.69, 9.17) is 0 Å². The molecule has 0 aromatic carbocycles. The molecule has 1 aliphatic rings. The molecule has 0 bridgehead atoms. The minimum atomic E-state index is 0.628. The molecule has 1 aromatic heterocycles. The van der Waals surface area contributed by atoms with Crippen LogP contribution in [0.25, 0.3) is 0 Å². The van der Waals surface area contributed by atoms with E-state index in [1.807, 2.05) is 11.3 Å². The van der Waals surface area contributed by atoms with Crippen molar-refractivity contribution in [3.8, 4) is 0 Å². The Balaban J connectivity index is 2.06. The standard InChI is InChI=1S/C16H28N2S/c1-4-10-17-12-13-7-6-11-18(3)16(13)15-9-8-14(5-2)19-15/h8-9,13,16-17H,4-7,10-12H2,1-3H3. The number of likely N-dealkylation sites (tertiary alicyclic amines) is 1. The zero-order valence-corrected chi connectivity index (χ0v) is 13.4. The van der Waals surface area contributed by atoms with Gasteiger partial charge in [0, 0.05) is 15.8 Å². The molecular weight excluding hydrogens is 252 g/mol. The highest BCUT2D eigenvalue weighted by atomic mass is 32.1. The van der Waals surface area contributed by atoms with Crippen LogP contribution in [0.4, 0.5) is 0 Å². The van der Waals surface area contributed by atoms with Crippen molar-refractivity contribution in [2.24, 2.45) is 5.92 Å². The fraction of sp³-hybridized carbons (Fsp3) is 0.750. The molecule has 2 rings (SSSR count). The fourth-order valence-electron chi connectivity index (χ4n) is 3.13. The van der Waals surface area contributed by atoms with Gasteiger partial charge in [0.15, 0.2) is 0 Å². The van der Waals surface area contributed by atoms with Crippen molar-refractivity contribution >= 4 is 11.3 Å². The summed E-state index contributed by atoms with van der Waals surface area (Å²) < 4.78 is 0. The summed E-state index contributed by atoms with van der Waals surface area (Å²) in [5.41, 5.74) is 0. The van der Waals surface area contributed by atoms with Gasteiger partial charge in [-0.2, -0.15) is 0 Å². The summed E-state index contributed by atoms with van der Waals surface area (Å²) in [4.78, 5) is 5.66. The summed E-state index contributed by atoms with van der Waals surface area (Å²) in [5, 5.41) is 3.62. The molecule has 1 saturated heterocycles. The third-order valence-electron chi connectivity index (χ3n) is 4.16. The van der Waals surface area contributed by atoms with E-state index in [1.54, 1.807) is 4.88 Å². The summed E-state index contributed by atoms with van der Waals surface area (Å²) in [5.74, 6) is 0.772. The maximum atomic E-state index is 3.62. The number of hydrogen-bond acceptors (Lipinski definition) is 3. The molecule has 0 aliphatic carbocycles. The Morgan fingerprint density at radius 1 is 1.37 bits per heavy atom. The van der Waals surface area contributed by atoms with E-state index in [0.717, 1.165) is 12.5 Å². The lowest BCUT2D eigenvalue weighted by Gasteiger charge is -2.39. The molecule has 108 valence electrons. The van der Waals surface area contributed by atoms with Gasteiger partial charge in [0.1, 0.15) is 0 Å². The van der Waals surface area contributed by atoms with E-state index < -0.39 is 0 Å². The number of piperidine rings is 1. The maximum Gasteiger partial charge on any atom is 0.0478 e. The molecule has 2 heterocycles. The zero-order valence-electron chi connectivity index (χ0n) is 12.6. The minimum Gasteiger partial charge on any atom is -0.316 e. The molecule has 19 heavy (non-hydrogen) atoms. The maximum absolute atomic E-state index is 3.62. The normalized spacial score (nSPS) is 24.8. The van der Waals surface area contributed by atoms with E-state index in [1.165, 1.54) is 43.6 Å². The quantitative estimate of drug-likeness (QED) is 0.799. The summed E-state index contributed by atoms with van der Waals surface area (Å²) in [6.07, 6.45) is 5.11. The van der Waals surface area contributed by atoms with Crippen molar-refractivity contribution in [2.75, 3.05) is 26.7 Å². The van der Waals surface area contributed by atoms with Gasteiger partial charge in [-0.15, -0.1) is 11.3 Å². The van der Waals surface area contributed by atoms with Crippen LogP contribution in [0.15, 0.2) is 12.1 Å². The summed E-state index contributed by atoms with van der Waals surface area (Å²) in [6.45, 7) is 8.05. The van der Waals surface area contributed by atoms with Crippen molar-refractivity contribution in [1.29, 1.82) is 0 Å². The van der Waals surface area contributed by atoms with Crippen LogP contribution in [0.5, 0.6) is 0 Å². The largest absolute Gasteiger partial charge is 0.316 e. The van der Waals surface area contributed by atoms with Gasteiger partial charge >= 0.3 is 0 Å². The van der Waals surface area contributed by atoms with Crippen LogP contribution in [-0.2, 0) is 6.42 Å². The van der Waals surface area contributed by atoms with Crippen molar-refractivity contribution < 1.29 is 0 Å². The van der Waals surface area contributed by atoms with Crippen LogP contribution in [0.1, 0.15) is 48.9 Å². The predicted octanol–water partition coefficient (Wildman–Crippen LogP) is 3.69. The predicted molar refractivity (Wildman–Crippen MR) is 85.0 cm³/mol. The fourth-order valence-corrected chi connectivity index (χ4v) is 4.34. The van der Waals surface area contributed by atoms with Crippen molar-refractivity contribution in [1.82, 2.24) is 10.2 Å². The van der Waals surface area contributed by atoms with Crippen molar-refractivity contribution in [3.05, 3.63) is 21.9 Å². The van der Waals surface area contributed by atoms with Crippen molar-refractivity contribution in [3.63, 3.8) is 0 Å². The zero-order chi connectivity index (χ0) is 13.7. The average molecular weight is 280 g/mol. The van der Waals surface area contributed by atoms with Crippen LogP contribution in [0.3, 0.4) is 0 Å². The molecule has 2 nitrogen and oxygen atoms in total. The molecular formula is C16H28N2S. The van der Waals surface area contributed by atoms with Crippen LogP contribution in [-0.4, -0.2) is 31.6 Å². The van der Waals surface area contributed by atoms with Gasteiger partial charge in [0.25, 0.3) is 0 Å². The number of nitrogens with zero attached hydrogens (tertiary/aromatic N) is 1. The Bertz CT molecular complexity index is 375. The Morgan fingerprint density at radius 3 is 2.89 bits per heavy atom. The average Bonchev–Trinajstić information content (AvgIpc) is 2.87. The van der Waals surface area contributed by atoms with Crippen LogP contribution in [0, 0.1) is 5.92 Å².